The Bertz CT molecular complexity index is 569. The molecule has 1 atom stereocenters. The second kappa shape index (κ2) is 5.76. The zero-order valence-corrected chi connectivity index (χ0v) is 12.4. The summed E-state index contributed by atoms with van der Waals surface area (Å²) < 4.78 is 0. The number of piperidine rings is 1. The quantitative estimate of drug-likeness (QED) is 0.896. The number of aromatic hydroxyl groups is 1. The molecule has 1 aromatic carbocycles. The van der Waals surface area contributed by atoms with Crippen LogP contribution in [-0.4, -0.2) is 40.1 Å². The maximum absolute atomic E-state index is 12.6. The van der Waals surface area contributed by atoms with E-state index in [1.54, 1.807) is 30.0 Å². The molecule has 2 rings (SSSR count). The molecule has 0 radical (unpaired) electrons. The Balaban J connectivity index is 2.27. The van der Waals surface area contributed by atoms with Crippen LogP contribution in [-0.2, 0) is 4.79 Å². The van der Waals surface area contributed by atoms with Crippen molar-refractivity contribution in [2.24, 2.45) is 5.41 Å². The Kier molecular flexibility index (Phi) is 4.21. The van der Waals surface area contributed by atoms with Crippen LogP contribution >= 0.6 is 0 Å². The molecule has 114 valence electrons. The lowest BCUT2D eigenvalue weighted by molar-refractivity contribution is -0.152. The van der Waals surface area contributed by atoms with Gasteiger partial charge in [0, 0.05) is 13.1 Å². The minimum atomic E-state index is -0.868. The number of amides is 1. The second-order valence-electron chi connectivity index (χ2n) is 5.74. The van der Waals surface area contributed by atoms with Crippen molar-refractivity contribution in [3.63, 3.8) is 0 Å². The first-order valence-corrected chi connectivity index (χ1v) is 7.22. The van der Waals surface area contributed by atoms with E-state index in [9.17, 15) is 19.8 Å². The number of likely N-dealkylation sites (tertiary alicyclic amines) is 1. The number of rotatable bonds is 3. The van der Waals surface area contributed by atoms with Crippen molar-refractivity contribution >= 4 is 11.9 Å². The molecule has 1 saturated heterocycles. The minimum Gasteiger partial charge on any atom is -0.507 e. The number of phenols is 1. The van der Waals surface area contributed by atoms with Crippen LogP contribution in [0.3, 0.4) is 0 Å². The van der Waals surface area contributed by atoms with Crippen molar-refractivity contribution < 1.29 is 19.8 Å². The summed E-state index contributed by atoms with van der Waals surface area (Å²) in [5, 5.41) is 19.5. The van der Waals surface area contributed by atoms with E-state index in [4.69, 9.17) is 0 Å². The van der Waals surface area contributed by atoms with Gasteiger partial charge in [-0.3, -0.25) is 9.59 Å². The number of aliphatic carboxylic acids is 1. The van der Waals surface area contributed by atoms with Crippen LogP contribution in [0, 0.1) is 12.3 Å². The van der Waals surface area contributed by atoms with E-state index < -0.39 is 11.4 Å². The Hall–Kier alpha value is -2.04. The fraction of sp³-hybridized carbons (Fsp3) is 0.500. The van der Waals surface area contributed by atoms with Gasteiger partial charge in [0.15, 0.2) is 0 Å². The molecule has 0 spiro atoms. The molecule has 0 aromatic heterocycles. The highest BCUT2D eigenvalue weighted by atomic mass is 16.4. The zero-order valence-electron chi connectivity index (χ0n) is 12.4. The standard InChI is InChI=1S/C16H21NO4/c1-3-16(15(20)21)8-5-9-17(10-16)14(19)12-7-4-6-11(2)13(12)18/h4,6-7,18H,3,5,8-10H2,1-2H3,(H,20,21). The second-order valence-corrected chi connectivity index (χ2v) is 5.74. The molecule has 1 amide bonds. The number of carboxylic acid groups (broad SMARTS) is 1. The molecular weight excluding hydrogens is 270 g/mol. The van der Waals surface area contributed by atoms with Crippen molar-refractivity contribution in [2.75, 3.05) is 13.1 Å². The van der Waals surface area contributed by atoms with Crippen LogP contribution in [0.4, 0.5) is 0 Å². The number of carbonyl (C=O) groups is 2. The molecule has 1 fully saturated rings. The molecule has 1 unspecified atom stereocenters. The lowest BCUT2D eigenvalue weighted by atomic mass is 9.77. The lowest BCUT2D eigenvalue weighted by Gasteiger charge is -2.39. The molecule has 1 aliphatic heterocycles. The molecule has 1 aromatic rings. The first kappa shape index (κ1) is 15.4. The van der Waals surface area contributed by atoms with Gasteiger partial charge < -0.3 is 15.1 Å². The van der Waals surface area contributed by atoms with Crippen LogP contribution in [0.2, 0.25) is 0 Å². The summed E-state index contributed by atoms with van der Waals surface area (Å²) in [6.07, 6.45) is 1.74. The highest BCUT2D eigenvalue weighted by Gasteiger charge is 2.42. The Morgan fingerprint density at radius 2 is 2.10 bits per heavy atom. The minimum absolute atomic E-state index is 0.0227. The SMILES string of the molecule is CCC1(C(=O)O)CCCN(C(=O)c2cccc(C)c2O)C1. The fourth-order valence-electron chi connectivity index (χ4n) is 2.92. The van der Waals surface area contributed by atoms with Crippen LogP contribution in [0.25, 0.3) is 0 Å². The molecule has 1 heterocycles. The predicted molar refractivity (Wildman–Crippen MR) is 78.3 cm³/mol. The lowest BCUT2D eigenvalue weighted by Crippen LogP contribution is -2.49. The number of hydrogen-bond acceptors (Lipinski definition) is 3. The van der Waals surface area contributed by atoms with Gasteiger partial charge >= 0.3 is 5.97 Å². The number of para-hydroxylation sites is 1. The maximum atomic E-state index is 12.6. The molecular formula is C16H21NO4. The van der Waals surface area contributed by atoms with E-state index in [0.29, 0.717) is 31.4 Å². The number of phenolic OH excluding ortho intramolecular Hbond substituents is 1. The summed E-state index contributed by atoms with van der Waals surface area (Å²) in [5.41, 5.74) is 0.0121. The summed E-state index contributed by atoms with van der Waals surface area (Å²) >= 11 is 0. The van der Waals surface area contributed by atoms with Gasteiger partial charge in [-0.1, -0.05) is 19.1 Å². The number of benzene rings is 1. The summed E-state index contributed by atoms with van der Waals surface area (Å²) in [5.74, 6) is -1.17. The van der Waals surface area contributed by atoms with E-state index in [2.05, 4.69) is 0 Å². The van der Waals surface area contributed by atoms with Crippen LogP contribution in [0.5, 0.6) is 5.75 Å². The number of carboxylic acids is 1. The third-order valence-corrected chi connectivity index (χ3v) is 4.46. The average molecular weight is 291 g/mol. The summed E-state index contributed by atoms with van der Waals surface area (Å²) in [7, 11) is 0. The van der Waals surface area contributed by atoms with E-state index in [-0.39, 0.29) is 23.8 Å². The molecule has 0 bridgehead atoms. The van der Waals surface area contributed by atoms with Gasteiger partial charge in [0.2, 0.25) is 0 Å². The number of aryl methyl sites for hydroxylation is 1. The number of nitrogens with zero attached hydrogens (tertiary/aromatic N) is 1. The van der Waals surface area contributed by atoms with Gasteiger partial charge in [0.25, 0.3) is 5.91 Å². The van der Waals surface area contributed by atoms with Gasteiger partial charge in [-0.25, -0.2) is 0 Å². The Morgan fingerprint density at radius 1 is 1.38 bits per heavy atom. The summed E-state index contributed by atoms with van der Waals surface area (Å²) in [4.78, 5) is 25.7. The highest BCUT2D eigenvalue weighted by molar-refractivity contribution is 5.97. The molecule has 0 saturated carbocycles. The van der Waals surface area contributed by atoms with Gasteiger partial charge in [0.05, 0.1) is 11.0 Å². The monoisotopic (exact) mass is 291 g/mol. The third-order valence-electron chi connectivity index (χ3n) is 4.46. The van der Waals surface area contributed by atoms with Crippen LogP contribution < -0.4 is 0 Å². The molecule has 21 heavy (non-hydrogen) atoms. The molecule has 5 heteroatoms. The first-order valence-electron chi connectivity index (χ1n) is 7.22. The van der Waals surface area contributed by atoms with Gasteiger partial charge in [-0.05, 0) is 37.8 Å². The van der Waals surface area contributed by atoms with Crippen LogP contribution in [0.15, 0.2) is 18.2 Å². The fourth-order valence-corrected chi connectivity index (χ4v) is 2.92. The Labute approximate surface area is 124 Å². The highest BCUT2D eigenvalue weighted by Crippen LogP contribution is 2.35. The smallest absolute Gasteiger partial charge is 0.311 e. The predicted octanol–water partition coefficient (Wildman–Crippen LogP) is 2.42. The van der Waals surface area contributed by atoms with Crippen molar-refractivity contribution in [1.29, 1.82) is 0 Å². The third kappa shape index (κ3) is 2.73. The number of carbonyl (C=O) groups excluding carboxylic acids is 1. The molecule has 2 N–H and O–H groups in total. The van der Waals surface area contributed by atoms with Crippen LogP contribution in [0.1, 0.15) is 42.1 Å². The van der Waals surface area contributed by atoms with E-state index >= 15 is 0 Å². The summed E-state index contributed by atoms with van der Waals surface area (Å²) in [6.45, 7) is 4.30. The van der Waals surface area contributed by atoms with Crippen molar-refractivity contribution in [2.45, 2.75) is 33.1 Å². The van der Waals surface area contributed by atoms with Crippen molar-refractivity contribution in [3.05, 3.63) is 29.3 Å². The molecule has 1 aliphatic rings. The van der Waals surface area contributed by atoms with E-state index in [1.807, 2.05) is 6.92 Å². The normalized spacial score (nSPS) is 22.1. The molecule has 5 nitrogen and oxygen atoms in total. The Morgan fingerprint density at radius 3 is 2.71 bits per heavy atom. The van der Waals surface area contributed by atoms with E-state index in [1.165, 1.54) is 0 Å². The largest absolute Gasteiger partial charge is 0.507 e. The van der Waals surface area contributed by atoms with Gasteiger partial charge in [-0.2, -0.15) is 0 Å². The zero-order chi connectivity index (χ0) is 15.6. The van der Waals surface area contributed by atoms with Crippen molar-refractivity contribution in [3.8, 4) is 5.75 Å². The maximum Gasteiger partial charge on any atom is 0.311 e. The topological polar surface area (TPSA) is 77.8 Å². The first-order chi connectivity index (χ1) is 9.91. The molecule has 0 aliphatic carbocycles. The average Bonchev–Trinajstić information content (AvgIpc) is 2.49. The number of hydrogen-bond donors (Lipinski definition) is 2. The van der Waals surface area contributed by atoms with Crippen molar-refractivity contribution in [1.82, 2.24) is 4.90 Å². The summed E-state index contributed by atoms with van der Waals surface area (Å²) in [6, 6.07) is 5.03. The van der Waals surface area contributed by atoms with E-state index in [0.717, 1.165) is 0 Å². The van der Waals surface area contributed by atoms with Gasteiger partial charge in [0.1, 0.15) is 5.75 Å². The van der Waals surface area contributed by atoms with Gasteiger partial charge in [-0.15, -0.1) is 0 Å².